The first-order valence-corrected chi connectivity index (χ1v) is 24.3. The first-order valence-electron chi connectivity index (χ1n) is 22.8. The summed E-state index contributed by atoms with van der Waals surface area (Å²) < 4.78 is 73.3. The molecule has 348 valence electrons. The lowest BCUT2D eigenvalue weighted by Gasteiger charge is -2.41. The van der Waals surface area contributed by atoms with E-state index in [-0.39, 0.29) is 43.3 Å². The molecule has 2 bridgehead atoms. The third-order valence-electron chi connectivity index (χ3n) is 14.6. The number of nitrogens with zero attached hydrogens (tertiary/aromatic N) is 6. The molecule has 3 N–H and O–H groups in total. The molecule has 3 amide bonds. The van der Waals surface area contributed by atoms with E-state index in [4.69, 9.17) is 0 Å². The predicted octanol–water partition coefficient (Wildman–Crippen LogP) is 5.38. The number of nitrogens with one attached hydrogen (secondary N) is 3. The highest BCUT2D eigenvalue weighted by molar-refractivity contribution is 7.90. The first-order chi connectivity index (χ1) is 32.3. The number of rotatable bonds is 10. The number of benzene rings is 3. The number of piperidine rings is 3. The molecule has 2 aromatic heterocycles. The van der Waals surface area contributed by atoms with E-state index in [0.29, 0.717) is 53.1 Å². The molecule has 5 saturated heterocycles. The number of hydrogen-bond acceptors (Lipinski definition) is 10. The van der Waals surface area contributed by atoms with Crippen LogP contribution in [0, 0.1) is 17.6 Å². The van der Waals surface area contributed by atoms with Crippen molar-refractivity contribution in [1.82, 2.24) is 29.4 Å². The van der Waals surface area contributed by atoms with Gasteiger partial charge in [0, 0.05) is 117 Å². The van der Waals surface area contributed by atoms with Crippen molar-refractivity contribution in [3.8, 4) is 11.1 Å². The first kappa shape index (κ1) is 43.3. The largest absolute Gasteiger partial charge is 0.371 e. The Kier molecular flexibility index (Phi) is 10.8. The van der Waals surface area contributed by atoms with Crippen molar-refractivity contribution in [3.05, 3.63) is 107 Å². The van der Waals surface area contributed by atoms with Gasteiger partial charge in [0.1, 0.15) is 23.7 Å². The number of carbonyl (C=O) groups is 4. The Morgan fingerprint density at radius 3 is 2.37 bits per heavy atom. The van der Waals surface area contributed by atoms with Gasteiger partial charge in [0.2, 0.25) is 17.6 Å². The van der Waals surface area contributed by atoms with Crippen molar-refractivity contribution < 1.29 is 40.8 Å². The van der Waals surface area contributed by atoms with E-state index >= 15 is 8.78 Å². The van der Waals surface area contributed by atoms with Gasteiger partial charge >= 0.3 is 10.2 Å². The summed E-state index contributed by atoms with van der Waals surface area (Å²) in [5.74, 6) is -3.88. The summed E-state index contributed by atoms with van der Waals surface area (Å²) in [4.78, 5) is 67.8. The number of anilines is 3. The van der Waals surface area contributed by atoms with Gasteiger partial charge in [-0.2, -0.15) is 12.7 Å². The van der Waals surface area contributed by atoms with E-state index in [1.807, 2.05) is 29.0 Å². The van der Waals surface area contributed by atoms with Crippen LogP contribution in [-0.4, -0.2) is 126 Å². The van der Waals surface area contributed by atoms with E-state index in [1.54, 1.807) is 17.2 Å². The van der Waals surface area contributed by atoms with Crippen LogP contribution in [0.25, 0.3) is 22.2 Å². The second-order valence-corrected chi connectivity index (χ2v) is 20.3. The molecular weight excluding hydrogens is 888 g/mol. The minimum atomic E-state index is -4.36. The molecule has 0 saturated carbocycles. The zero-order chi connectivity index (χ0) is 46.3. The molecule has 0 spiro atoms. The molecule has 6 aliphatic heterocycles. The number of carbonyl (C=O) groups excluding carboxylic acids is 4. The van der Waals surface area contributed by atoms with Crippen LogP contribution in [-0.2, 0) is 26.3 Å². The van der Waals surface area contributed by atoms with Gasteiger partial charge in [-0.3, -0.25) is 34.1 Å². The van der Waals surface area contributed by atoms with Gasteiger partial charge in [-0.15, -0.1) is 0 Å². The van der Waals surface area contributed by atoms with Gasteiger partial charge in [0.05, 0.1) is 11.3 Å². The van der Waals surface area contributed by atoms with Crippen molar-refractivity contribution in [1.29, 1.82) is 0 Å². The van der Waals surface area contributed by atoms with Crippen LogP contribution in [0.4, 0.5) is 30.2 Å². The lowest BCUT2D eigenvalue weighted by molar-refractivity contribution is -0.136. The van der Waals surface area contributed by atoms with Gasteiger partial charge in [-0.1, -0.05) is 12.1 Å². The highest BCUT2D eigenvalue weighted by Gasteiger charge is 2.43. The number of fused-ring (bicyclic) bond motifs is 4. The Bertz CT molecular complexity index is 2960. The fourth-order valence-corrected chi connectivity index (χ4v) is 12.4. The Morgan fingerprint density at radius 1 is 0.821 bits per heavy atom. The number of aromatic amines is 1. The van der Waals surface area contributed by atoms with Crippen molar-refractivity contribution in [2.75, 3.05) is 60.3 Å². The Balaban J connectivity index is 0.729. The molecule has 5 aromatic rings. The maximum atomic E-state index is 15.8. The molecule has 8 heterocycles. The SMILES string of the molecule is O=C1CCC(N2Cc3cc(N4CCC(N5C[C@@H]6CC5CN(c5ccc(-c7cnc8[nH]cc(C(=O)c9c(F)ccc(NS(=O)(=O)N%10CC[C@@H](F)C%10)c9F)c8c7)cc5)C6)CC4)ccc3C2=O)C(=O)N1. The van der Waals surface area contributed by atoms with Crippen LogP contribution < -0.4 is 19.8 Å². The molecule has 19 heteroatoms. The van der Waals surface area contributed by atoms with Crippen molar-refractivity contribution >= 4 is 61.8 Å². The zero-order valence-electron chi connectivity index (χ0n) is 36.4. The lowest BCUT2D eigenvalue weighted by Crippen LogP contribution is -2.52. The van der Waals surface area contributed by atoms with Crippen LogP contribution >= 0.6 is 0 Å². The third-order valence-corrected chi connectivity index (χ3v) is 16.1. The molecule has 3 aromatic carbocycles. The number of pyridine rings is 1. The number of amides is 3. The second kappa shape index (κ2) is 16.8. The van der Waals surface area contributed by atoms with E-state index in [9.17, 15) is 32.0 Å². The van der Waals surface area contributed by atoms with Crippen LogP contribution in [0.3, 0.4) is 0 Å². The summed E-state index contributed by atoms with van der Waals surface area (Å²) >= 11 is 0. The Hall–Kier alpha value is -6.31. The minimum Gasteiger partial charge on any atom is -0.371 e. The quantitative estimate of drug-likeness (QED) is 0.122. The molecule has 4 atom stereocenters. The number of likely N-dealkylation sites (tertiary alicyclic amines) is 1. The van der Waals surface area contributed by atoms with Crippen LogP contribution in [0.1, 0.15) is 70.4 Å². The number of imide groups is 1. The van der Waals surface area contributed by atoms with Gasteiger partial charge in [-0.05, 0) is 97.7 Å². The van der Waals surface area contributed by atoms with E-state index < -0.39 is 57.0 Å². The van der Waals surface area contributed by atoms with Gasteiger partial charge in [0.25, 0.3) is 5.91 Å². The highest BCUT2D eigenvalue weighted by Crippen LogP contribution is 2.38. The van der Waals surface area contributed by atoms with Crippen LogP contribution in [0.5, 0.6) is 0 Å². The topological polar surface area (TPSA) is 171 Å². The van der Waals surface area contributed by atoms with E-state index in [0.717, 1.165) is 90.9 Å². The fourth-order valence-electron chi connectivity index (χ4n) is 11.2. The number of aromatic nitrogens is 2. The number of halogens is 3. The predicted molar refractivity (Wildman–Crippen MR) is 243 cm³/mol. The summed E-state index contributed by atoms with van der Waals surface area (Å²) in [5, 5.41) is 2.71. The standard InChI is InChI=1S/C48H48F3N9O6S/c49-31-11-16-58(25-31)67(65,66)55-40-8-7-39(50)43(44(40)51)45(62)38-21-53-46-37(38)19-29(20-52-46)28-1-3-32(4-2-28)57-22-27-17-35(26-57)59(23-27)33-12-14-56(15-13-33)34-5-6-36-30(18-34)24-60(48(36)64)41-9-10-42(61)54-47(41)63/h1-8,18-21,27,31,33,35,41,55H,9-17,22-26H2,(H,52,53)(H,54,61,63)/t27-,31-,35?,41?/m1/s1. The summed E-state index contributed by atoms with van der Waals surface area (Å²) in [6.07, 6.45) is 5.42. The molecule has 67 heavy (non-hydrogen) atoms. The van der Waals surface area contributed by atoms with E-state index in [2.05, 4.69) is 48.2 Å². The normalized spacial score (nSPS) is 23.9. The Labute approximate surface area is 384 Å². The molecule has 11 rings (SSSR count). The smallest absolute Gasteiger partial charge is 0.301 e. The summed E-state index contributed by atoms with van der Waals surface area (Å²) in [6, 6.07) is 17.8. The third kappa shape index (κ3) is 7.89. The molecule has 2 unspecified atom stereocenters. The number of alkyl halides is 1. The summed E-state index contributed by atoms with van der Waals surface area (Å²) in [5.41, 5.74) is 3.96. The number of ketones is 1. The monoisotopic (exact) mass is 935 g/mol. The van der Waals surface area contributed by atoms with Gasteiger partial charge in [-0.25, -0.2) is 18.2 Å². The lowest BCUT2D eigenvalue weighted by atomic mass is 9.97. The van der Waals surface area contributed by atoms with Crippen LogP contribution in [0.15, 0.2) is 73.1 Å². The fraction of sp³-hybridized carbons (Fsp3) is 0.396. The molecule has 0 aliphatic carbocycles. The minimum absolute atomic E-state index is 0.00305. The number of H-pyrrole nitrogens is 1. The molecule has 15 nitrogen and oxygen atoms in total. The molecular formula is C48H48F3N9O6S. The van der Waals surface area contributed by atoms with Gasteiger partial charge in [0.15, 0.2) is 5.82 Å². The van der Waals surface area contributed by atoms with Crippen LogP contribution in [0.2, 0.25) is 0 Å². The Morgan fingerprint density at radius 2 is 1.61 bits per heavy atom. The number of hydrogen-bond donors (Lipinski definition) is 3. The zero-order valence-corrected chi connectivity index (χ0v) is 37.2. The van der Waals surface area contributed by atoms with Crippen molar-refractivity contribution in [2.24, 2.45) is 5.92 Å². The molecule has 0 radical (unpaired) electrons. The summed E-state index contributed by atoms with van der Waals surface area (Å²) in [7, 11) is -4.36. The average molecular weight is 936 g/mol. The highest BCUT2D eigenvalue weighted by atomic mass is 32.2. The maximum Gasteiger partial charge on any atom is 0.301 e. The maximum absolute atomic E-state index is 15.8. The second-order valence-electron chi connectivity index (χ2n) is 18.7. The molecule has 5 fully saturated rings. The average Bonchev–Trinajstić information content (AvgIpc) is 4.11. The van der Waals surface area contributed by atoms with Crippen molar-refractivity contribution in [3.63, 3.8) is 0 Å². The van der Waals surface area contributed by atoms with E-state index in [1.165, 1.54) is 6.20 Å². The van der Waals surface area contributed by atoms with Crippen molar-refractivity contribution in [2.45, 2.75) is 69.4 Å². The molecule has 6 aliphatic rings. The van der Waals surface area contributed by atoms with Gasteiger partial charge < -0.3 is 19.7 Å². The summed E-state index contributed by atoms with van der Waals surface area (Å²) in [6.45, 7) is 4.59.